The average Bonchev–Trinajstić information content (AvgIpc) is 2.29. The molecule has 3 nitrogen and oxygen atoms in total. The smallest absolute Gasteiger partial charge is 0.207 e. The zero-order valence-corrected chi connectivity index (χ0v) is 10.8. The highest BCUT2D eigenvalue weighted by Gasteiger charge is 2.29. The molecule has 1 aliphatic rings. The summed E-state index contributed by atoms with van der Waals surface area (Å²) in [4.78, 5) is 0.363. The summed E-state index contributed by atoms with van der Waals surface area (Å²) in [5.74, 6) is 0.342. The molecule has 0 aliphatic carbocycles. The standard InChI is InChI=1S/C13H17NO2S/c1-11-8-12(2)10-14(9-11)17(15,16)13-6-4-3-5-7-13/h3-7,12H,1,8-10H2,2H3. The first kappa shape index (κ1) is 12.3. The van der Waals surface area contributed by atoms with E-state index in [4.69, 9.17) is 0 Å². The Balaban J connectivity index is 2.30. The largest absolute Gasteiger partial charge is 0.243 e. The minimum Gasteiger partial charge on any atom is -0.207 e. The molecule has 1 unspecified atom stereocenters. The number of nitrogens with zero attached hydrogens (tertiary/aromatic N) is 1. The van der Waals surface area contributed by atoms with Crippen LogP contribution in [0.5, 0.6) is 0 Å². The molecular formula is C13H17NO2S. The first-order chi connectivity index (χ1) is 8.00. The van der Waals surface area contributed by atoms with Gasteiger partial charge in [-0.25, -0.2) is 8.42 Å². The van der Waals surface area contributed by atoms with Crippen LogP contribution >= 0.6 is 0 Å². The summed E-state index contributed by atoms with van der Waals surface area (Å²) in [6, 6.07) is 8.58. The van der Waals surface area contributed by atoms with Crippen LogP contribution in [0.1, 0.15) is 13.3 Å². The Morgan fingerprint density at radius 1 is 1.29 bits per heavy atom. The maximum atomic E-state index is 12.4. The Hall–Kier alpha value is -1.13. The van der Waals surface area contributed by atoms with Crippen molar-refractivity contribution in [3.05, 3.63) is 42.5 Å². The highest BCUT2D eigenvalue weighted by Crippen LogP contribution is 2.25. The Labute approximate surface area is 103 Å². The van der Waals surface area contributed by atoms with Gasteiger partial charge in [-0.05, 0) is 24.5 Å². The SMILES string of the molecule is C=C1CC(C)CN(S(=O)(=O)c2ccccc2)C1. The summed E-state index contributed by atoms with van der Waals surface area (Å²) >= 11 is 0. The zero-order valence-electron chi connectivity index (χ0n) is 9.96. The lowest BCUT2D eigenvalue weighted by molar-refractivity contribution is 0.330. The molecule has 0 aromatic heterocycles. The molecule has 1 aromatic rings. The van der Waals surface area contributed by atoms with Crippen LogP contribution in [-0.2, 0) is 10.0 Å². The Bertz CT molecular complexity index is 507. The lowest BCUT2D eigenvalue weighted by Crippen LogP contribution is -2.39. The summed E-state index contributed by atoms with van der Waals surface area (Å²) in [5, 5.41) is 0. The third kappa shape index (κ3) is 2.58. The summed E-state index contributed by atoms with van der Waals surface area (Å²) in [5.41, 5.74) is 0.989. The van der Waals surface area contributed by atoms with Crippen molar-refractivity contribution in [3.8, 4) is 0 Å². The maximum Gasteiger partial charge on any atom is 0.243 e. The Morgan fingerprint density at radius 3 is 2.53 bits per heavy atom. The third-order valence-corrected chi connectivity index (χ3v) is 4.76. The molecule has 92 valence electrons. The molecule has 4 heteroatoms. The lowest BCUT2D eigenvalue weighted by atomic mass is 9.99. The number of benzene rings is 1. The monoisotopic (exact) mass is 251 g/mol. The summed E-state index contributed by atoms with van der Waals surface area (Å²) in [7, 11) is -3.36. The van der Waals surface area contributed by atoms with Crippen molar-refractivity contribution < 1.29 is 8.42 Å². The second-order valence-corrected chi connectivity index (χ2v) is 6.61. The number of sulfonamides is 1. The van der Waals surface area contributed by atoms with Gasteiger partial charge >= 0.3 is 0 Å². The summed E-state index contributed by atoms with van der Waals surface area (Å²) in [6.07, 6.45) is 0.917. The molecule has 1 atom stereocenters. The Morgan fingerprint density at radius 2 is 1.94 bits per heavy atom. The molecular weight excluding hydrogens is 234 g/mol. The van der Waals surface area contributed by atoms with Gasteiger partial charge in [-0.2, -0.15) is 4.31 Å². The Kier molecular flexibility index (Phi) is 3.35. The van der Waals surface area contributed by atoms with E-state index in [1.54, 1.807) is 24.3 Å². The van der Waals surface area contributed by atoms with Gasteiger partial charge in [0, 0.05) is 13.1 Å². The highest BCUT2D eigenvalue weighted by molar-refractivity contribution is 7.89. The van der Waals surface area contributed by atoms with E-state index in [2.05, 4.69) is 13.5 Å². The molecule has 0 bridgehead atoms. The van der Waals surface area contributed by atoms with Crippen LogP contribution < -0.4 is 0 Å². The summed E-state index contributed by atoms with van der Waals surface area (Å²) < 4.78 is 26.3. The van der Waals surface area contributed by atoms with Crippen LogP contribution in [0.2, 0.25) is 0 Å². The van der Waals surface area contributed by atoms with Gasteiger partial charge in [-0.1, -0.05) is 37.3 Å². The topological polar surface area (TPSA) is 37.4 Å². The number of piperidine rings is 1. The van der Waals surface area contributed by atoms with E-state index in [1.165, 1.54) is 4.31 Å². The number of hydrogen-bond donors (Lipinski definition) is 0. The molecule has 1 fully saturated rings. The van der Waals surface area contributed by atoms with Crippen LogP contribution in [0.3, 0.4) is 0 Å². The third-order valence-electron chi connectivity index (χ3n) is 2.93. The summed E-state index contributed by atoms with van der Waals surface area (Å²) in [6.45, 7) is 6.99. The molecule has 0 spiro atoms. The quantitative estimate of drug-likeness (QED) is 0.756. The van der Waals surface area contributed by atoms with Gasteiger partial charge in [0.15, 0.2) is 0 Å². The van der Waals surface area contributed by atoms with E-state index in [9.17, 15) is 8.42 Å². The van der Waals surface area contributed by atoms with Crippen molar-refractivity contribution >= 4 is 10.0 Å². The molecule has 1 saturated heterocycles. The fourth-order valence-electron chi connectivity index (χ4n) is 2.21. The van der Waals surface area contributed by atoms with E-state index in [0.717, 1.165) is 12.0 Å². The van der Waals surface area contributed by atoms with Crippen molar-refractivity contribution in [2.24, 2.45) is 5.92 Å². The first-order valence-electron chi connectivity index (χ1n) is 5.72. The predicted molar refractivity (Wildman–Crippen MR) is 68.1 cm³/mol. The predicted octanol–water partition coefficient (Wildman–Crippen LogP) is 2.27. The molecule has 1 aliphatic heterocycles. The molecule has 0 amide bonds. The maximum absolute atomic E-state index is 12.4. The van der Waals surface area contributed by atoms with Crippen molar-refractivity contribution in [2.45, 2.75) is 18.2 Å². The minimum atomic E-state index is -3.36. The van der Waals surface area contributed by atoms with Crippen molar-refractivity contribution in [1.82, 2.24) is 4.31 Å². The molecule has 0 radical (unpaired) electrons. The molecule has 1 heterocycles. The second kappa shape index (κ2) is 4.63. The van der Waals surface area contributed by atoms with E-state index >= 15 is 0 Å². The molecule has 0 N–H and O–H groups in total. The zero-order chi connectivity index (χ0) is 12.5. The molecule has 2 rings (SSSR count). The van der Waals surface area contributed by atoms with E-state index in [-0.39, 0.29) is 0 Å². The van der Waals surface area contributed by atoms with Crippen LogP contribution in [-0.4, -0.2) is 25.8 Å². The fraction of sp³-hybridized carbons (Fsp3) is 0.385. The fourth-order valence-corrected chi connectivity index (χ4v) is 3.81. The minimum absolute atomic E-state index is 0.342. The van der Waals surface area contributed by atoms with Gasteiger partial charge in [0.2, 0.25) is 10.0 Å². The second-order valence-electron chi connectivity index (χ2n) is 4.67. The molecule has 17 heavy (non-hydrogen) atoms. The van der Waals surface area contributed by atoms with Gasteiger partial charge in [0.05, 0.1) is 4.90 Å². The number of hydrogen-bond acceptors (Lipinski definition) is 2. The highest BCUT2D eigenvalue weighted by atomic mass is 32.2. The van der Waals surface area contributed by atoms with Gasteiger partial charge in [-0.15, -0.1) is 0 Å². The van der Waals surface area contributed by atoms with Gasteiger partial charge in [-0.3, -0.25) is 0 Å². The molecule has 0 saturated carbocycles. The van der Waals surface area contributed by atoms with Crippen LogP contribution in [0, 0.1) is 5.92 Å². The van der Waals surface area contributed by atoms with Crippen LogP contribution in [0.4, 0.5) is 0 Å². The van der Waals surface area contributed by atoms with Crippen molar-refractivity contribution in [1.29, 1.82) is 0 Å². The van der Waals surface area contributed by atoms with E-state index in [1.807, 2.05) is 6.07 Å². The van der Waals surface area contributed by atoms with Crippen LogP contribution in [0.15, 0.2) is 47.4 Å². The van der Waals surface area contributed by atoms with Crippen molar-refractivity contribution in [2.75, 3.05) is 13.1 Å². The van der Waals surface area contributed by atoms with Crippen molar-refractivity contribution in [3.63, 3.8) is 0 Å². The first-order valence-corrected chi connectivity index (χ1v) is 7.16. The van der Waals surface area contributed by atoms with Gasteiger partial charge < -0.3 is 0 Å². The van der Waals surface area contributed by atoms with Gasteiger partial charge in [0.1, 0.15) is 0 Å². The van der Waals surface area contributed by atoms with E-state index in [0.29, 0.717) is 23.9 Å². The lowest BCUT2D eigenvalue weighted by Gasteiger charge is -2.31. The number of rotatable bonds is 2. The normalized spacial score (nSPS) is 22.6. The van der Waals surface area contributed by atoms with Crippen LogP contribution in [0.25, 0.3) is 0 Å². The van der Waals surface area contributed by atoms with E-state index < -0.39 is 10.0 Å². The molecule has 1 aromatic carbocycles. The van der Waals surface area contributed by atoms with Gasteiger partial charge in [0.25, 0.3) is 0 Å². The average molecular weight is 251 g/mol.